The minimum absolute atomic E-state index is 0.0645. The molecule has 0 aliphatic carbocycles. The van der Waals surface area contributed by atoms with Crippen molar-refractivity contribution in [3.05, 3.63) is 0 Å². The summed E-state index contributed by atoms with van der Waals surface area (Å²) in [4.78, 5) is 11.6. The Bertz CT molecular complexity index is 274. The van der Waals surface area contributed by atoms with E-state index in [0.717, 1.165) is 0 Å². The standard InChI is InChI=1S/C10H14O2S/c1-10(2)8-6-4-3-5(13-6)7(8)9(11)12-10/h5-8H,3-4H2,1-2H3. The summed E-state index contributed by atoms with van der Waals surface area (Å²) in [6, 6.07) is 0. The molecule has 3 aliphatic heterocycles. The molecule has 0 N–H and O–H groups in total. The molecule has 3 saturated heterocycles. The number of thioether (sulfide) groups is 1. The van der Waals surface area contributed by atoms with E-state index in [1.54, 1.807) is 0 Å². The van der Waals surface area contributed by atoms with Crippen molar-refractivity contribution in [2.24, 2.45) is 11.8 Å². The minimum Gasteiger partial charge on any atom is -0.459 e. The highest BCUT2D eigenvalue weighted by molar-refractivity contribution is 8.01. The SMILES string of the molecule is CC1(C)OC(=O)C2C3CCC(S3)C21. The fourth-order valence-electron chi connectivity index (χ4n) is 3.25. The zero-order valence-corrected chi connectivity index (χ0v) is 8.76. The van der Waals surface area contributed by atoms with E-state index < -0.39 is 0 Å². The van der Waals surface area contributed by atoms with E-state index in [4.69, 9.17) is 4.74 Å². The second-order valence-electron chi connectivity index (χ2n) is 4.87. The van der Waals surface area contributed by atoms with Crippen molar-refractivity contribution in [3.8, 4) is 0 Å². The van der Waals surface area contributed by atoms with Crippen molar-refractivity contribution in [1.82, 2.24) is 0 Å². The van der Waals surface area contributed by atoms with Crippen LogP contribution in [0.25, 0.3) is 0 Å². The number of hydrogen-bond acceptors (Lipinski definition) is 3. The molecule has 0 amide bonds. The van der Waals surface area contributed by atoms with Crippen molar-refractivity contribution in [2.75, 3.05) is 0 Å². The largest absolute Gasteiger partial charge is 0.459 e. The number of carbonyl (C=O) groups is 1. The van der Waals surface area contributed by atoms with Crippen LogP contribution in [0, 0.1) is 11.8 Å². The number of carbonyl (C=O) groups excluding carboxylic acids is 1. The number of fused-ring (bicyclic) bond motifs is 5. The van der Waals surface area contributed by atoms with E-state index in [2.05, 4.69) is 13.8 Å². The summed E-state index contributed by atoms with van der Waals surface area (Å²) < 4.78 is 5.44. The van der Waals surface area contributed by atoms with Crippen LogP contribution in [0.5, 0.6) is 0 Å². The Labute approximate surface area is 82.4 Å². The van der Waals surface area contributed by atoms with Gasteiger partial charge in [-0.2, -0.15) is 11.8 Å². The molecule has 0 radical (unpaired) electrons. The maximum atomic E-state index is 11.6. The molecular formula is C10H14O2S. The normalized spacial score (nSPS) is 50.8. The molecule has 3 heterocycles. The maximum Gasteiger partial charge on any atom is 0.311 e. The Morgan fingerprint density at radius 3 is 2.77 bits per heavy atom. The molecule has 3 aliphatic rings. The van der Waals surface area contributed by atoms with E-state index in [9.17, 15) is 4.79 Å². The van der Waals surface area contributed by atoms with Crippen LogP contribution in [0.1, 0.15) is 26.7 Å². The van der Waals surface area contributed by atoms with E-state index in [1.807, 2.05) is 11.8 Å². The second-order valence-corrected chi connectivity index (χ2v) is 6.35. The van der Waals surface area contributed by atoms with Crippen LogP contribution in [0.3, 0.4) is 0 Å². The Kier molecular flexibility index (Phi) is 1.41. The van der Waals surface area contributed by atoms with Gasteiger partial charge in [-0.3, -0.25) is 4.79 Å². The quantitative estimate of drug-likeness (QED) is 0.555. The zero-order chi connectivity index (χ0) is 9.22. The molecule has 13 heavy (non-hydrogen) atoms. The third kappa shape index (κ3) is 0.888. The predicted octanol–water partition coefficient (Wildman–Crippen LogP) is 1.83. The van der Waals surface area contributed by atoms with Crippen LogP contribution < -0.4 is 0 Å². The van der Waals surface area contributed by atoms with Crippen molar-refractivity contribution in [2.45, 2.75) is 42.8 Å². The molecule has 72 valence electrons. The van der Waals surface area contributed by atoms with Gasteiger partial charge >= 0.3 is 5.97 Å². The molecule has 2 bridgehead atoms. The average Bonchev–Trinajstić information content (AvgIpc) is 2.63. The summed E-state index contributed by atoms with van der Waals surface area (Å²) in [6.45, 7) is 4.13. The Balaban J connectivity index is 2.02. The van der Waals surface area contributed by atoms with E-state index in [1.165, 1.54) is 12.8 Å². The zero-order valence-electron chi connectivity index (χ0n) is 7.95. The van der Waals surface area contributed by atoms with Gasteiger partial charge in [0.25, 0.3) is 0 Å². The molecule has 4 unspecified atom stereocenters. The first-order chi connectivity index (χ1) is 6.09. The van der Waals surface area contributed by atoms with Crippen LogP contribution in [-0.2, 0) is 9.53 Å². The predicted molar refractivity (Wildman–Crippen MR) is 51.6 cm³/mol. The van der Waals surface area contributed by atoms with Crippen LogP contribution in [0.2, 0.25) is 0 Å². The molecule has 4 atom stereocenters. The molecule has 2 nitrogen and oxygen atoms in total. The first kappa shape index (κ1) is 8.16. The molecular weight excluding hydrogens is 184 g/mol. The van der Waals surface area contributed by atoms with Crippen LogP contribution in [0.15, 0.2) is 0 Å². The Morgan fingerprint density at radius 1 is 1.38 bits per heavy atom. The van der Waals surface area contributed by atoms with E-state index in [0.29, 0.717) is 16.4 Å². The van der Waals surface area contributed by atoms with Gasteiger partial charge in [-0.05, 0) is 26.7 Å². The number of rotatable bonds is 0. The molecule has 0 aromatic rings. The van der Waals surface area contributed by atoms with Gasteiger partial charge < -0.3 is 4.74 Å². The number of esters is 1. The number of hydrogen-bond donors (Lipinski definition) is 0. The highest BCUT2D eigenvalue weighted by Crippen LogP contribution is 2.60. The van der Waals surface area contributed by atoms with Crippen LogP contribution in [-0.4, -0.2) is 22.1 Å². The van der Waals surface area contributed by atoms with Crippen LogP contribution >= 0.6 is 11.8 Å². The van der Waals surface area contributed by atoms with Crippen molar-refractivity contribution < 1.29 is 9.53 Å². The van der Waals surface area contributed by atoms with Gasteiger partial charge in [0.1, 0.15) is 5.60 Å². The summed E-state index contributed by atoms with van der Waals surface area (Å²) in [5, 5.41) is 1.26. The molecule has 0 spiro atoms. The summed E-state index contributed by atoms with van der Waals surface area (Å²) >= 11 is 2.03. The summed E-state index contributed by atoms with van der Waals surface area (Å²) in [5.41, 5.74) is -0.200. The fraction of sp³-hybridized carbons (Fsp3) is 0.900. The molecule has 3 rings (SSSR count). The van der Waals surface area contributed by atoms with Crippen molar-refractivity contribution in [3.63, 3.8) is 0 Å². The average molecular weight is 198 g/mol. The Hall–Kier alpha value is -0.180. The fourth-order valence-corrected chi connectivity index (χ4v) is 5.36. The first-order valence-corrected chi connectivity index (χ1v) is 5.92. The van der Waals surface area contributed by atoms with Gasteiger partial charge in [0.15, 0.2) is 0 Å². The minimum atomic E-state index is -0.200. The van der Waals surface area contributed by atoms with E-state index >= 15 is 0 Å². The molecule has 3 fully saturated rings. The highest BCUT2D eigenvalue weighted by atomic mass is 32.2. The first-order valence-electron chi connectivity index (χ1n) is 4.98. The third-order valence-electron chi connectivity index (χ3n) is 3.71. The topological polar surface area (TPSA) is 26.3 Å². The highest BCUT2D eigenvalue weighted by Gasteiger charge is 2.63. The monoisotopic (exact) mass is 198 g/mol. The van der Waals surface area contributed by atoms with Crippen molar-refractivity contribution in [1.29, 1.82) is 0 Å². The Morgan fingerprint density at radius 2 is 2.08 bits per heavy atom. The number of cyclic esters (lactones) is 1. The lowest BCUT2D eigenvalue weighted by Crippen LogP contribution is -2.36. The third-order valence-corrected chi connectivity index (χ3v) is 5.47. The molecule has 0 saturated carbocycles. The summed E-state index contributed by atoms with van der Waals surface area (Å²) in [6.07, 6.45) is 2.51. The summed E-state index contributed by atoms with van der Waals surface area (Å²) in [7, 11) is 0. The van der Waals surface area contributed by atoms with Gasteiger partial charge in [0.05, 0.1) is 5.92 Å². The van der Waals surface area contributed by atoms with Gasteiger partial charge in [0.2, 0.25) is 0 Å². The molecule has 3 heteroatoms. The lowest BCUT2D eigenvalue weighted by atomic mass is 9.74. The van der Waals surface area contributed by atoms with Gasteiger partial charge in [0, 0.05) is 16.4 Å². The van der Waals surface area contributed by atoms with Crippen LogP contribution in [0.4, 0.5) is 0 Å². The second kappa shape index (κ2) is 2.25. The number of ether oxygens (including phenoxy) is 1. The smallest absolute Gasteiger partial charge is 0.311 e. The lowest BCUT2D eigenvalue weighted by Gasteiger charge is -2.29. The van der Waals surface area contributed by atoms with Gasteiger partial charge in [-0.1, -0.05) is 0 Å². The lowest BCUT2D eigenvalue weighted by molar-refractivity contribution is -0.148. The van der Waals surface area contributed by atoms with Gasteiger partial charge in [-0.25, -0.2) is 0 Å². The molecule has 0 aromatic carbocycles. The molecule has 0 aromatic heterocycles. The van der Waals surface area contributed by atoms with Gasteiger partial charge in [-0.15, -0.1) is 0 Å². The maximum absolute atomic E-state index is 11.6. The summed E-state index contributed by atoms with van der Waals surface area (Å²) in [5.74, 6) is 0.775. The van der Waals surface area contributed by atoms with Crippen molar-refractivity contribution >= 4 is 17.7 Å². The van der Waals surface area contributed by atoms with E-state index in [-0.39, 0.29) is 17.5 Å².